The number of pyridine rings is 1. The Morgan fingerprint density at radius 2 is 1.34 bits per heavy atom. The fourth-order valence-electron chi connectivity index (χ4n) is 2.46. The van der Waals surface area contributed by atoms with E-state index in [-0.39, 0.29) is 24.2 Å². The van der Waals surface area contributed by atoms with E-state index in [1.54, 1.807) is 0 Å². The first-order valence-electron chi connectivity index (χ1n) is 7.22. The number of carbonyl (C=O) groups excluding carboxylic acids is 1. The minimum Gasteiger partial charge on any atom is -0.493 e. The Kier molecular flexibility index (Phi) is 6.12. The normalized spacial score (nSPS) is 10.8. The summed E-state index contributed by atoms with van der Waals surface area (Å²) >= 11 is 0. The zero-order valence-electron chi connectivity index (χ0n) is 14.2. The van der Waals surface area contributed by atoms with Crippen molar-refractivity contribution in [1.82, 2.24) is 14.8 Å². The van der Waals surface area contributed by atoms with Gasteiger partial charge in [0.25, 0.3) is 0 Å². The molecule has 0 aliphatic heterocycles. The van der Waals surface area contributed by atoms with E-state index in [9.17, 15) is 40.6 Å². The molecular weight excluding hydrogens is 465 g/mol. The van der Waals surface area contributed by atoms with Crippen molar-refractivity contribution in [3.63, 3.8) is 0 Å². The van der Waals surface area contributed by atoms with Gasteiger partial charge in [-0.2, -0.15) is 23.5 Å². The molecular formula is C16H6F7N3O2Zn. The van der Waals surface area contributed by atoms with Gasteiger partial charge in [-0.25, -0.2) is 22.0 Å². The van der Waals surface area contributed by atoms with Crippen molar-refractivity contribution < 1.29 is 60.1 Å². The largest absolute Gasteiger partial charge is 0.493 e. The number of benzene rings is 1. The molecule has 0 atom stereocenters. The number of aromatic nitrogens is 3. The van der Waals surface area contributed by atoms with Gasteiger partial charge < -0.3 is 5.11 Å². The third-order valence-electron chi connectivity index (χ3n) is 3.69. The van der Waals surface area contributed by atoms with Gasteiger partial charge in [-0.05, 0) is 6.92 Å². The molecule has 3 rings (SSSR count). The molecule has 29 heavy (non-hydrogen) atoms. The average molecular weight is 471 g/mol. The van der Waals surface area contributed by atoms with E-state index in [0.29, 0.717) is 12.1 Å². The molecule has 2 aromatic heterocycles. The maximum atomic E-state index is 14.0. The van der Waals surface area contributed by atoms with Crippen LogP contribution in [0.1, 0.15) is 21.6 Å². The molecule has 3 aromatic rings. The molecule has 2 heterocycles. The van der Waals surface area contributed by atoms with E-state index in [0.717, 1.165) is 6.92 Å². The summed E-state index contributed by atoms with van der Waals surface area (Å²) in [6.45, 7) is 1.06. The van der Waals surface area contributed by atoms with Gasteiger partial charge in [-0.15, -0.1) is 0 Å². The summed E-state index contributed by atoms with van der Waals surface area (Å²) in [4.78, 5) is 15.2. The third kappa shape index (κ3) is 3.62. The van der Waals surface area contributed by atoms with Gasteiger partial charge in [-0.1, -0.05) is 0 Å². The number of ketones is 1. The van der Waals surface area contributed by atoms with Gasteiger partial charge in [0.1, 0.15) is 11.3 Å². The molecule has 148 valence electrons. The number of hydrogen-bond donors (Lipinski definition) is 1. The Labute approximate surface area is 169 Å². The quantitative estimate of drug-likeness (QED) is 0.159. The smallest absolute Gasteiger partial charge is 0.226 e. The number of nitrogens with zero attached hydrogens (tertiary/aromatic N) is 3. The Morgan fingerprint density at radius 1 is 0.897 bits per heavy atom. The predicted molar refractivity (Wildman–Crippen MR) is 77.3 cm³/mol. The third-order valence-corrected chi connectivity index (χ3v) is 3.69. The Bertz CT molecular complexity index is 1100. The van der Waals surface area contributed by atoms with Gasteiger partial charge in [0, 0.05) is 37.2 Å². The maximum Gasteiger partial charge on any atom is 0.226 e. The molecule has 5 nitrogen and oxygen atoms in total. The van der Waals surface area contributed by atoms with Crippen LogP contribution in [-0.4, -0.2) is 25.7 Å². The summed E-state index contributed by atoms with van der Waals surface area (Å²) in [7, 11) is 0. The standard InChI is InChI=1S/C16H6F7N3O2.Zn/c1-4-8(15(27)5-2-6(17)24-7(18)3-5)16(28)26(25-4)14-12(22)10(20)9(19)11(21)13(14)23;/h2-3,28H,1H3;. The first kappa shape index (κ1) is 22.5. The van der Waals surface area contributed by atoms with Crippen molar-refractivity contribution in [3.05, 3.63) is 69.9 Å². The summed E-state index contributed by atoms with van der Waals surface area (Å²) in [6.07, 6.45) is 0. The van der Waals surface area contributed by atoms with Gasteiger partial charge >= 0.3 is 0 Å². The van der Waals surface area contributed by atoms with E-state index in [4.69, 9.17) is 0 Å². The fraction of sp³-hybridized carbons (Fsp3) is 0.0625. The monoisotopic (exact) mass is 469 g/mol. The van der Waals surface area contributed by atoms with Crippen LogP contribution in [0.15, 0.2) is 12.1 Å². The molecule has 1 aromatic carbocycles. The summed E-state index contributed by atoms with van der Waals surface area (Å²) in [5, 5.41) is 13.6. The number of carbonyl (C=O) groups is 1. The van der Waals surface area contributed by atoms with Crippen LogP contribution in [0.5, 0.6) is 5.88 Å². The second-order valence-electron chi connectivity index (χ2n) is 5.44. The van der Waals surface area contributed by atoms with Gasteiger partial charge in [0.05, 0.1) is 5.69 Å². The van der Waals surface area contributed by atoms with Crippen molar-refractivity contribution in [2.75, 3.05) is 0 Å². The minimum absolute atomic E-state index is 0. The topological polar surface area (TPSA) is 68.0 Å². The second kappa shape index (κ2) is 7.90. The number of aromatic hydroxyl groups is 1. The SMILES string of the molecule is Cc1nn(-c2c(F)c(F)c(F)c(F)c2F)c(O)c1C(=O)c1cc(F)nc(F)c1.[Zn]. The minimum atomic E-state index is -2.43. The Balaban J connectivity index is 0.00000300. The number of halogens is 7. The molecule has 0 unspecified atom stereocenters. The van der Waals surface area contributed by atoms with Crippen LogP contribution >= 0.6 is 0 Å². The molecule has 0 saturated carbocycles. The summed E-state index contributed by atoms with van der Waals surface area (Å²) in [5.74, 6) is -16.9. The number of aryl methyl sites for hydroxylation is 1. The molecule has 13 heteroatoms. The zero-order valence-corrected chi connectivity index (χ0v) is 17.2. The van der Waals surface area contributed by atoms with Gasteiger partial charge in [0.15, 0.2) is 23.3 Å². The first-order chi connectivity index (χ1) is 13.0. The number of hydrogen-bond acceptors (Lipinski definition) is 4. The fourth-order valence-corrected chi connectivity index (χ4v) is 2.46. The van der Waals surface area contributed by atoms with E-state index in [2.05, 4.69) is 10.1 Å². The Morgan fingerprint density at radius 3 is 1.83 bits per heavy atom. The Hall–Kier alpha value is -2.82. The molecule has 0 aliphatic carbocycles. The number of rotatable bonds is 3. The van der Waals surface area contributed by atoms with Crippen LogP contribution < -0.4 is 0 Å². The summed E-state index contributed by atoms with van der Waals surface area (Å²) < 4.78 is 94.2. The molecule has 0 aliphatic rings. The average Bonchev–Trinajstić information content (AvgIpc) is 2.91. The molecule has 0 radical (unpaired) electrons. The summed E-state index contributed by atoms with van der Waals surface area (Å²) in [6, 6.07) is 1.03. The van der Waals surface area contributed by atoms with Crippen LogP contribution in [0.3, 0.4) is 0 Å². The molecule has 0 bridgehead atoms. The molecule has 0 fully saturated rings. The zero-order chi connectivity index (χ0) is 20.9. The van der Waals surface area contributed by atoms with Crippen molar-refractivity contribution in [3.8, 4) is 11.6 Å². The second-order valence-corrected chi connectivity index (χ2v) is 5.44. The van der Waals surface area contributed by atoms with Gasteiger partial charge in [-0.3, -0.25) is 4.79 Å². The van der Waals surface area contributed by atoms with Crippen LogP contribution in [0.25, 0.3) is 5.69 Å². The van der Waals surface area contributed by atoms with Crippen molar-refractivity contribution in [2.45, 2.75) is 6.92 Å². The van der Waals surface area contributed by atoms with E-state index in [1.807, 2.05) is 0 Å². The molecule has 0 spiro atoms. The maximum absolute atomic E-state index is 14.0. The van der Waals surface area contributed by atoms with E-state index >= 15 is 0 Å². The van der Waals surface area contributed by atoms with Crippen molar-refractivity contribution in [1.29, 1.82) is 0 Å². The van der Waals surface area contributed by atoms with Crippen molar-refractivity contribution in [2.24, 2.45) is 0 Å². The van der Waals surface area contributed by atoms with Crippen LogP contribution in [0.2, 0.25) is 0 Å². The van der Waals surface area contributed by atoms with Crippen molar-refractivity contribution >= 4 is 5.78 Å². The van der Waals surface area contributed by atoms with E-state index < -0.39 is 75.2 Å². The predicted octanol–water partition coefficient (Wildman–Crippen LogP) is 3.48. The first-order valence-corrected chi connectivity index (χ1v) is 7.22. The van der Waals surface area contributed by atoms with Gasteiger partial charge in [0.2, 0.25) is 29.4 Å². The van der Waals surface area contributed by atoms with Crippen LogP contribution in [0, 0.1) is 47.9 Å². The molecule has 1 N–H and O–H groups in total. The molecule has 0 amide bonds. The van der Waals surface area contributed by atoms with Crippen LogP contribution in [-0.2, 0) is 19.5 Å². The van der Waals surface area contributed by atoms with Crippen LogP contribution in [0.4, 0.5) is 30.7 Å². The molecule has 0 saturated heterocycles. The van der Waals surface area contributed by atoms with E-state index in [1.165, 1.54) is 0 Å². The summed E-state index contributed by atoms with van der Waals surface area (Å²) in [5.41, 5.74) is -3.46.